The summed E-state index contributed by atoms with van der Waals surface area (Å²) in [4.78, 5) is 4.45. The van der Waals surface area contributed by atoms with Crippen molar-refractivity contribution in [2.45, 2.75) is 19.3 Å². The summed E-state index contributed by atoms with van der Waals surface area (Å²) in [6, 6.07) is 60.8. The maximum Gasteiger partial charge on any atom is 0.147 e. The van der Waals surface area contributed by atoms with Gasteiger partial charge in [-0.25, -0.2) is 4.39 Å². The van der Waals surface area contributed by atoms with Gasteiger partial charge in [-0.15, -0.1) is 0 Å². The van der Waals surface area contributed by atoms with E-state index >= 15 is 4.39 Å². The van der Waals surface area contributed by atoms with Gasteiger partial charge in [0.05, 0.1) is 17.1 Å². The molecule has 0 amide bonds. The molecule has 1 aliphatic rings. The van der Waals surface area contributed by atoms with Crippen molar-refractivity contribution in [3.05, 3.63) is 193 Å². The number of halogens is 1. The molecule has 0 unspecified atom stereocenters. The van der Waals surface area contributed by atoms with Crippen LogP contribution in [0.3, 0.4) is 0 Å². The third-order valence-electron chi connectivity index (χ3n) is 10.3. The molecule has 0 heterocycles. The van der Waals surface area contributed by atoms with Crippen LogP contribution in [0.2, 0.25) is 0 Å². The lowest BCUT2D eigenvalue weighted by atomic mass is 9.81. The fourth-order valence-corrected chi connectivity index (χ4v) is 7.90. The maximum absolute atomic E-state index is 15.5. The highest BCUT2D eigenvalue weighted by molar-refractivity contribution is 6.11. The molecule has 8 aromatic rings. The molecule has 9 rings (SSSR count). The molecule has 0 spiro atoms. The number of rotatable bonds is 6. The molecule has 2 nitrogen and oxygen atoms in total. The number of hydrogen-bond acceptors (Lipinski definition) is 2. The van der Waals surface area contributed by atoms with Crippen molar-refractivity contribution in [2.75, 3.05) is 9.80 Å². The number of hydrogen-bond donors (Lipinski definition) is 0. The highest BCUT2D eigenvalue weighted by Crippen LogP contribution is 2.56. The SMILES string of the molecule is CC1(C)c2cc(N(c3ccccc3)c3ccccc3F)ccc2-c2c1cc(N(c1ccccc1)c1cccc3ccccc13)c1ccccc21. The Bertz CT molecular complexity index is 2530. The van der Waals surface area contributed by atoms with E-state index in [1.54, 1.807) is 6.07 Å². The van der Waals surface area contributed by atoms with Gasteiger partial charge in [-0.3, -0.25) is 0 Å². The molecule has 0 saturated heterocycles. The average molecular weight is 647 g/mol. The third kappa shape index (κ3) is 4.69. The molecule has 240 valence electrons. The molecule has 1 aliphatic carbocycles. The Morgan fingerprint density at radius 2 is 1.00 bits per heavy atom. The van der Waals surface area contributed by atoms with E-state index in [2.05, 4.69) is 140 Å². The van der Waals surface area contributed by atoms with E-state index in [0.29, 0.717) is 5.69 Å². The van der Waals surface area contributed by atoms with E-state index < -0.39 is 0 Å². The summed E-state index contributed by atoms with van der Waals surface area (Å²) in [6.07, 6.45) is 0. The number of benzene rings is 8. The fourth-order valence-electron chi connectivity index (χ4n) is 7.90. The minimum absolute atomic E-state index is 0.260. The number of fused-ring (bicyclic) bond motifs is 6. The van der Waals surface area contributed by atoms with Crippen LogP contribution in [0.15, 0.2) is 176 Å². The first-order chi connectivity index (χ1) is 24.5. The molecule has 0 fully saturated rings. The van der Waals surface area contributed by atoms with Gasteiger partial charge in [-0.05, 0) is 93.7 Å². The van der Waals surface area contributed by atoms with Crippen molar-refractivity contribution in [3.63, 3.8) is 0 Å². The van der Waals surface area contributed by atoms with Gasteiger partial charge >= 0.3 is 0 Å². The average Bonchev–Trinajstić information content (AvgIpc) is 3.39. The van der Waals surface area contributed by atoms with Gasteiger partial charge in [-0.1, -0.05) is 129 Å². The second-order valence-electron chi connectivity index (χ2n) is 13.5. The highest BCUT2D eigenvalue weighted by atomic mass is 19.1. The maximum atomic E-state index is 15.5. The van der Waals surface area contributed by atoms with Gasteiger partial charge in [-0.2, -0.15) is 0 Å². The Hall–Kier alpha value is -6.19. The van der Waals surface area contributed by atoms with Gasteiger partial charge in [0.1, 0.15) is 5.82 Å². The normalized spacial score (nSPS) is 12.9. The zero-order chi connectivity index (χ0) is 33.8. The monoisotopic (exact) mass is 646 g/mol. The third-order valence-corrected chi connectivity index (χ3v) is 10.3. The van der Waals surface area contributed by atoms with Gasteiger partial charge in [0, 0.05) is 33.2 Å². The Labute approximate surface area is 292 Å². The topological polar surface area (TPSA) is 6.48 Å². The summed E-state index contributed by atoms with van der Waals surface area (Å²) < 4.78 is 15.5. The standard InChI is InChI=1S/C47H35FN2/c1-47(2)40-30-35(49(33-18-5-3-6-19-33)44-26-14-13-25-42(44)48)28-29-39(40)46-38-24-12-11-23-37(38)45(31-41(46)47)50(34-20-7-4-8-21-34)43-27-15-17-32-16-9-10-22-36(32)43/h3-31H,1-2H3. The zero-order valence-electron chi connectivity index (χ0n) is 28.0. The van der Waals surface area contributed by atoms with E-state index in [4.69, 9.17) is 0 Å². The molecule has 0 aliphatic heterocycles. The first kappa shape index (κ1) is 29.9. The summed E-state index contributed by atoms with van der Waals surface area (Å²) >= 11 is 0. The Kier molecular flexibility index (Phi) is 7.03. The molecular formula is C47H35FN2. The van der Waals surface area contributed by atoms with E-state index in [0.717, 1.165) is 28.4 Å². The smallest absolute Gasteiger partial charge is 0.147 e. The second-order valence-corrected chi connectivity index (χ2v) is 13.5. The van der Waals surface area contributed by atoms with Crippen molar-refractivity contribution in [2.24, 2.45) is 0 Å². The first-order valence-electron chi connectivity index (χ1n) is 17.1. The Morgan fingerprint density at radius 1 is 0.420 bits per heavy atom. The Balaban J connectivity index is 1.28. The molecule has 8 aromatic carbocycles. The predicted octanol–water partition coefficient (Wildman–Crippen LogP) is 13.4. The van der Waals surface area contributed by atoms with Gasteiger partial charge < -0.3 is 9.80 Å². The summed E-state index contributed by atoms with van der Waals surface area (Å²) in [5.41, 5.74) is 10.4. The largest absolute Gasteiger partial charge is 0.309 e. The zero-order valence-corrected chi connectivity index (χ0v) is 28.0. The molecule has 0 atom stereocenters. The number of nitrogens with zero attached hydrogens (tertiary/aromatic N) is 2. The van der Waals surface area contributed by atoms with Crippen molar-refractivity contribution in [3.8, 4) is 11.1 Å². The lowest BCUT2D eigenvalue weighted by Crippen LogP contribution is -2.18. The Morgan fingerprint density at radius 3 is 1.74 bits per heavy atom. The van der Waals surface area contributed by atoms with Crippen molar-refractivity contribution < 1.29 is 4.39 Å². The quantitative estimate of drug-likeness (QED) is 0.177. The summed E-state index contributed by atoms with van der Waals surface area (Å²) in [7, 11) is 0. The molecular weight excluding hydrogens is 612 g/mol. The molecule has 0 radical (unpaired) electrons. The molecule has 0 bridgehead atoms. The van der Waals surface area contributed by atoms with Crippen LogP contribution in [-0.2, 0) is 5.41 Å². The van der Waals surface area contributed by atoms with Crippen LogP contribution < -0.4 is 9.80 Å². The van der Waals surface area contributed by atoms with Crippen LogP contribution in [-0.4, -0.2) is 0 Å². The number of anilines is 6. The van der Waals surface area contributed by atoms with Crippen LogP contribution >= 0.6 is 0 Å². The van der Waals surface area contributed by atoms with Gasteiger partial charge in [0.2, 0.25) is 0 Å². The van der Waals surface area contributed by atoms with Crippen LogP contribution in [0.1, 0.15) is 25.0 Å². The highest BCUT2D eigenvalue weighted by Gasteiger charge is 2.38. The molecule has 0 N–H and O–H groups in total. The lowest BCUT2D eigenvalue weighted by molar-refractivity contribution is 0.628. The predicted molar refractivity (Wildman–Crippen MR) is 208 cm³/mol. The van der Waals surface area contributed by atoms with Crippen molar-refractivity contribution in [1.29, 1.82) is 0 Å². The fraction of sp³-hybridized carbons (Fsp3) is 0.0638. The van der Waals surface area contributed by atoms with Crippen molar-refractivity contribution in [1.82, 2.24) is 0 Å². The summed E-state index contributed by atoms with van der Waals surface area (Å²) in [5, 5.41) is 4.81. The number of para-hydroxylation sites is 3. The van der Waals surface area contributed by atoms with Crippen LogP contribution in [0.25, 0.3) is 32.7 Å². The molecule has 50 heavy (non-hydrogen) atoms. The lowest BCUT2D eigenvalue weighted by Gasteiger charge is -2.31. The summed E-state index contributed by atoms with van der Waals surface area (Å²) in [6.45, 7) is 4.64. The van der Waals surface area contributed by atoms with E-state index in [-0.39, 0.29) is 11.2 Å². The van der Waals surface area contributed by atoms with Crippen LogP contribution in [0, 0.1) is 5.82 Å². The van der Waals surface area contributed by atoms with E-state index in [1.165, 1.54) is 49.9 Å². The first-order valence-corrected chi connectivity index (χ1v) is 17.1. The van der Waals surface area contributed by atoms with Gasteiger partial charge in [0.15, 0.2) is 0 Å². The minimum Gasteiger partial charge on any atom is -0.309 e. The summed E-state index contributed by atoms with van der Waals surface area (Å²) in [5.74, 6) is -0.260. The second kappa shape index (κ2) is 11.7. The van der Waals surface area contributed by atoms with Gasteiger partial charge in [0.25, 0.3) is 0 Å². The molecule has 3 heteroatoms. The van der Waals surface area contributed by atoms with Crippen molar-refractivity contribution >= 4 is 55.7 Å². The molecule has 0 aromatic heterocycles. The van der Waals surface area contributed by atoms with E-state index in [1.807, 2.05) is 47.4 Å². The van der Waals surface area contributed by atoms with Crippen LogP contribution in [0.5, 0.6) is 0 Å². The van der Waals surface area contributed by atoms with Crippen LogP contribution in [0.4, 0.5) is 38.5 Å². The minimum atomic E-state index is -0.335. The molecule has 0 saturated carbocycles. The van der Waals surface area contributed by atoms with E-state index in [9.17, 15) is 0 Å².